The molecule has 0 aromatic rings. The van der Waals surface area contributed by atoms with Crippen molar-refractivity contribution in [2.45, 2.75) is 36.8 Å². The fraction of sp³-hybridized carbons (Fsp3) is 0.846. The number of nitrogens with zero attached hydrogens (tertiary/aromatic N) is 2. The number of hydrogen-bond acceptors (Lipinski definition) is 5. The number of carbonyl (C=O) groups is 2. The summed E-state index contributed by atoms with van der Waals surface area (Å²) in [6.07, 6.45) is 1.06. The molecule has 3 heterocycles. The zero-order valence-electron chi connectivity index (χ0n) is 11.6. The highest BCUT2D eigenvalue weighted by molar-refractivity contribution is 8.01. The summed E-state index contributed by atoms with van der Waals surface area (Å²) in [6, 6.07) is -0.350. The molecule has 3 saturated heterocycles. The van der Waals surface area contributed by atoms with Crippen LogP contribution in [-0.4, -0.2) is 75.8 Å². The summed E-state index contributed by atoms with van der Waals surface area (Å²) in [7, 11) is 0. The van der Waals surface area contributed by atoms with Crippen molar-refractivity contribution in [1.29, 1.82) is 0 Å². The Morgan fingerprint density at radius 2 is 2.40 bits per heavy atom. The van der Waals surface area contributed by atoms with Gasteiger partial charge in [-0.1, -0.05) is 0 Å². The average Bonchev–Trinajstić information content (AvgIpc) is 2.95. The lowest BCUT2D eigenvalue weighted by molar-refractivity contribution is -0.149. The van der Waals surface area contributed by atoms with Crippen LogP contribution in [0.15, 0.2) is 0 Å². The second-order valence-corrected chi connectivity index (χ2v) is 7.23. The monoisotopic (exact) mass is 300 g/mol. The summed E-state index contributed by atoms with van der Waals surface area (Å²) in [5.41, 5.74) is 0. The van der Waals surface area contributed by atoms with E-state index in [1.807, 2.05) is 6.92 Å². The smallest absolute Gasteiger partial charge is 0.246 e. The number of carbonyl (C=O) groups excluding carboxylic acids is 2. The van der Waals surface area contributed by atoms with Crippen molar-refractivity contribution in [2.75, 3.05) is 32.1 Å². The Labute approximate surface area is 122 Å². The lowest BCUT2D eigenvalue weighted by Crippen LogP contribution is -2.55. The molecule has 3 atom stereocenters. The van der Waals surface area contributed by atoms with Gasteiger partial charge in [-0.25, -0.2) is 0 Å². The van der Waals surface area contributed by atoms with Crippen LogP contribution in [0.4, 0.5) is 0 Å². The van der Waals surface area contributed by atoms with Crippen LogP contribution in [-0.2, 0) is 14.3 Å². The van der Waals surface area contributed by atoms with Gasteiger partial charge in [0.2, 0.25) is 11.8 Å². The number of fused-ring (bicyclic) bond motifs is 1. The van der Waals surface area contributed by atoms with Gasteiger partial charge in [-0.2, -0.15) is 0 Å². The molecule has 0 aromatic carbocycles. The summed E-state index contributed by atoms with van der Waals surface area (Å²) in [6.45, 7) is 3.36. The second-order valence-electron chi connectivity index (χ2n) is 5.73. The molecule has 3 aliphatic rings. The quantitative estimate of drug-likeness (QED) is 0.755. The Balaban J connectivity index is 1.73. The van der Waals surface area contributed by atoms with Gasteiger partial charge in [0, 0.05) is 25.3 Å². The van der Waals surface area contributed by atoms with Crippen LogP contribution in [0.3, 0.4) is 0 Å². The Kier molecular flexibility index (Phi) is 3.68. The SMILES string of the molecule is CC12CCC(=O)N1C(C(=O)N1CCOC(CO)C1)CS2. The van der Waals surface area contributed by atoms with E-state index in [0.717, 1.165) is 6.42 Å². The first kappa shape index (κ1) is 14.2. The highest BCUT2D eigenvalue weighted by atomic mass is 32.2. The van der Waals surface area contributed by atoms with Crippen LogP contribution in [0.1, 0.15) is 19.8 Å². The standard InChI is InChI=1S/C13H20N2O4S/c1-13-3-2-11(17)15(13)10(8-20-13)12(18)14-4-5-19-9(6-14)7-16/h9-10,16H,2-8H2,1H3. The first-order valence-electron chi connectivity index (χ1n) is 7.02. The third-order valence-corrected chi connectivity index (χ3v) is 5.89. The molecule has 1 N–H and O–H groups in total. The molecule has 3 fully saturated rings. The van der Waals surface area contributed by atoms with Crippen molar-refractivity contribution in [2.24, 2.45) is 0 Å². The van der Waals surface area contributed by atoms with E-state index in [1.165, 1.54) is 0 Å². The zero-order chi connectivity index (χ0) is 14.3. The van der Waals surface area contributed by atoms with Gasteiger partial charge in [-0.3, -0.25) is 9.59 Å². The molecular formula is C13H20N2O4S. The van der Waals surface area contributed by atoms with Gasteiger partial charge in [0.1, 0.15) is 6.04 Å². The Hall–Kier alpha value is -0.790. The third kappa shape index (κ3) is 2.21. The van der Waals surface area contributed by atoms with E-state index in [0.29, 0.717) is 31.9 Å². The highest BCUT2D eigenvalue weighted by Crippen LogP contribution is 2.47. The average molecular weight is 300 g/mol. The topological polar surface area (TPSA) is 70.1 Å². The van der Waals surface area contributed by atoms with Crippen LogP contribution in [0.25, 0.3) is 0 Å². The van der Waals surface area contributed by atoms with Crippen molar-refractivity contribution < 1.29 is 19.4 Å². The van der Waals surface area contributed by atoms with E-state index >= 15 is 0 Å². The minimum Gasteiger partial charge on any atom is -0.394 e. The van der Waals surface area contributed by atoms with Crippen molar-refractivity contribution in [1.82, 2.24) is 9.80 Å². The van der Waals surface area contributed by atoms with Gasteiger partial charge in [0.15, 0.2) is 0 Å². The van der Waals surface area contributed by atoms with E-state index in [1.54, 1.807) is 21.6 Å². The van der Waals surface area contributed by atoms with Crippen LogP contribution in [0.5, 0.6) is 0 Å². The first-order valence-corrected chi connectivity index (χ1v) is 8.01. The normalized spacial score (nSPS) is 37.4. The summed E-state index contributed by atoms with van der Waals surface area (Å²) < 4.78 is 5.37. The number of amides is 2. The molecule has 3 unspecified atom stereocenters. The lowest BCUT2D eigenvalue weighted by Gasteiger charge is -2.36. The van der Waals surface area contributed by atoms with Gasteiger partial charge >= 0.3 is 0 Å². The van der Waals surface area contributed by atoms with Crippen LogP contribution >= 0.6 is 11.8 Å². The number of thioether (sulfide) groups is 1. The van der Waals surface area contributed by atoms with Gasteiger partial charge < -0.3 is 19.6 Å². The van der Waals surface area contributed by atoms with E-state index in [9.17, 15) is 9.59 Å². The van der Waals surface area contributed by atoms with Gasteiger partial charge in [0.25, 0.3) is 0 Å². The highest BCUT2D eigenvalue weighted by Gasteiger charge is 2.53. The lowest BCUT2D eigenvalue weighted by atomic mass is 10.2. The Morgan fingerprint density at radius 1 is 1.60 bits per heavy atom. The zero-order valence-corrected chi connectivity index (χ0v) is 12.4. The summed E-state index contributed by atoms with van der Waals surface area (Å²) in [4.78, 5) is 28.0. The largest absolute Gasteiger partial charge is 0.394 e. The molecule has 0 radical (unpaired) electrons. The van der Waals surface area contributed by atoms with E-state index in [2.05, 4.69) is 0 Å². The summed E-state index contributed by atoms with van der Waals surface area (Å²) in [5.74, 6) is 0.753. The predicted molar refractivity (Wildman–Crippen MR) is 74.1 cm³/mol. The molecule has 6 nitrogen and oxygen atoms in total. The summed E-state index contributed by atoms with van der Waals surface area (Å²) in [5, 5.41) is 9.16. The molecule has 3 aliphatic heterocycles. The molecule has 0 spiro atoms. The number of aliphatic hydroxyl groups excluding tert-OH is 1. The maximum absolute atomic E-state index is 12.7. The fourth-order valence-corrected chi connectivity index (χ4v) is 4.67. The van der Waals surface area contributed by atoms with Crippen LogP contribution < -0.4 is 0 Å². The molecule has 2 amide bonds. The molecule has 3 rings (SSSR count). The van der Waals surface area contributed by atoms with E-state index in [-0.39, 0.29) is 35.4 Å². The maximum atomic E-state index is 12.7. The minimum absolute atomic E-state index is 0.00164. The predicted octanol–water partition coefficient (Wildman–Crippen LogP) is -0.340. The molecule has 20 heavy (non-hydrogen) atoms. The summed E-state index contributed by atoms with van der Waals surface area (Å²) >= 11 is 1.70. The molecular weight excluding hydrogens is 280 g/mol. The second kappa shape index (κ2) is 5.20. The van der Waals surface area contributed by atoms with Gasteiger partial charge in [-0.05, 0) is 13.3 Å². The molecule has 0 aliphatic carbocycles. The van der Waals surface area contributed by atoms with Gasteiger partial charge in [0.05, 0.1) is 24.2 Å². The Morgan fingerprint density at radius 3 is 3.15 bits per heavy atom. The van der Waals surface area contributed by atoms with Crippen LogP contribution in [0, 0.1) is 0 Å². The third-order valence-electron chi connectivity index (χ3n) is 4.38. The minimum atomic E-state index is -0.350. The van der Waals surface area contributed by atoms with Gasteiger partial charge in [-0.15, -0.1) is 11.8 Å². The number of ether oxygens (including phenoxy) is 1. The fourth-order valence-electron chi connectivity index (χ4n) is 3.24. The number of rotatable bonds is 2. The van der Waals surface area contributed by atoms with Crippen LogP contribution in [0.2, 0.25) is 0 Å². The Bertz CT molecular complexity index is 433. The number of hydrogen-bond donors (Lipinski definition) is 1. The molecule has 0 aromatic heterocycles. The van der Waals surface area contributed by atoms with E-state index < -0.39 is 0 Å². The maximum Gasteiger partial charge on any atom is 0.246 e. The number of morpholine rings is 1. The first-order chi connectivity index (χ1) is 9.55. The van der Waals surface area contributed by atoms with Crippen molar-refractivity contribution in [3.63, 3.8) is 0 Å². The van der Waals surface area contributed by atoms with E-state index in [4.69, 9.17) is 9.84 Å². The van der Waals surface area contributed by atoms with Crippen molar-refractivity contribution >= 4 is 23.6 Å². The van der Waals surface area contributed by atoms with Crippen molar-refractivity contribution in [3.8, 4) is 0 Å². The molecule has 112 valence electrons. The number of aliphatic hydroxyl groups is 1. The molecule has 0 saturated carbocycles. The molecule has 7 heteroatoms. The molecule has 0 bridgehead atoms. The van der Waals surface area contributed by atoms with Crippen molar-refractivity contribution in [3.05, 3.63) is 0 Å².